The second-order valence-corrected chi connectivity index (χ2v) is 6.48. The van der Waals surface area contributed by atoms with Gasteiger partial charge in [0.15, 0.2) is 5.96 Å². The molecule has 6 nitrogen and oxygen atoms in total. The van der Waals surface area contributed by atoms with Crippen molar-refractivity contribution in [2.75, 3.05) is 13.1 Å². The standard InChI is InChI=1S/C20H25N3O3/c1-4-21-19(23-13-20(3,24)18-10-9-14(2)25-18)22-12-16-11-15-7-5-6-8-17(15)26-16/h5-11,24H,4,12-13H2,1-3H3,(H2,21,22,23). The van der Waals surface area contributed by atoms with Crippen molar-refractivity contribution >= 4 is 16.9 Å². The van der Waals surface area contributed by atoms with E-state index in [4.69, 9.17) is 8.83 Å². The minimum Gasteiger partial charge on any atom is -0.463 e. The van der Waals surface area contributed by atoms with E-state index in [0.717, 1.165) is 22.5 Å². The van der Waals surface area contributed by atoms with Crippen LogP contribution in [0.3, 0.4) is 0 Å². The van der Waals surface area contributed by atoms with Crippen molar-refractivity contribution in [1.82, 2.24) is 10.6 Å². The molecule has 0 spiro atoms. The first-order chi connectivity index (χ1) is 12.5. The van der Waals surface area contributed by atoms with Crippen LogP contribution in [0.4, 0.5) is 0 Å². The fraction of sp³-hybridized carbons (Fsp3) is 0.350. The fourth-order valence-electron chi connectivity index (χ4n) is 2.68. The van der Waals surface area contributed by atoms with Gasteiger partial charge in [0.25, 0.3) is 0 Å². The van der Waals surface area contributed by atoms with Gasteiger partial charge in [0.1, 0.15) is 35.0 Å². The molecule has 0 saturated carbocycles. The molecule has 0 aliphatic rings. The van der Waals surface area contributed by atoms with Crippen LogP contribution in [0.1, 0.15) is 31.1 Å². The molecule has 1 unspecified atom stereocenters. The van der Waals surface area contributed by atoms with Crippen molar-refractivity contribution in [3.63, 3.8) is 0 Å². The normalized spacial score (nSPS) is 14.4. The van der Waals surface area contributed by atoms with Crippen LogP contribution in [0.15, 0.2) is 56.3 Å². The minimum absolute atomic E-state index is 0.270. The summed E-state index contributed by atoms with van der Waals surface area (Å²) < 4.78 is 11.3. The van der Waals surface area contributed by atoms with Gasteiger partial charge in [-0.1, -0.05) is 18.2 Å². The van der Waals surface area contributed by atoms with Gasteiger partial charge in [-0.2, -0.15) is 0 Å². The summed E-state index contributed by atoms with van der Waals surface area (Å²) in [6, 6.07) is 13.5. The van der Waals surface area contributed by atoms with Crippen molar-refractivity contribution in [2.45, 2.75) is 32.9 Å². The van der Waals surface area contributed by atoms with Crippen molar-refractivity contribution < 1.29 is 13.9 Å². The molecule has 0 fully saturated rings. The molecule has 0 aliphatic heterocycles. The summed E-state index contributed by atoms with van der Waals surface area (Å²) in [6.45, 7) is 6.95. The number of hydrogen-bond donors (Lipinski definition) is 3. The Labute approximate surface area is 152 Å². The highest BCUT2D eigenvalue weighted by Crippen LogP contribution is 2.22. The van der Waals surface area contributed by atoms with E-state index in [-0.39, 0.29) is 6.54 Å². The molecule has 1 atom stereocenters. The topological polar surface area (TPSA) is 82.9 Å². The molecule has 1 aromatic carbocycles. The van der Waals surface area contributed by atoms with Gasteiger partial charge in [-0.3, -0.25) is 0 Å². The average molecular weight is 355 g/mol. The Kier molecular flexibility index (Phi) is 5.32. The second-order valence-electron chi connectivity index (χ2n) is 6.48. The number of aliphatic imine (C=N–C) groups is 1. The Morgan fingerprint density at radius 3 is 2.65 bits per heavy atom. The summed E-state index contributed by atoms with van der Waals surface area (Å²) in [5, 5.41) is 18.0. The number of benzene rings is 1. The molecule has 0 bridgehead atoms. The maximum absolute atomic E-state index is 10.6. The van der Waals surface area contributed by atoms with Gasteiger partial charge in [-0.25, -0.2) is 4.99 Å². The number of nitrogens with zero attached hydrogens (tertiary/aromatic N) is 1. The molecule has 138 valence electrons. The highest BCUT2D eigenvalue weighted by Gasteiger charge is 2.27. The minimum atomic E-state index is -1.14. The molecule has 2 aromatic heterocycles. The molecule has 0 amide bonds. The first-order valence-electron chi connectivity index (χ1n) is 8.77. The SMILES string of the molecule is CCNC(=NCc1cc2ccccc2o1)NCC(C)(O)c1ccc(C)o1. The van der Waals surface area contributed by atoms with E-state index in [9.17, 15) is 5.11 Å². The van der Waals surface area contributed by atoms with E-state index in [1.807, 2.05) is 50.2 Å². The van der Waals surface area contributed by atoms with Crippen LogP contribution in [0.25, 0.3) is 11.0 Å². The van der Waals surface area contributed by atoms with Gasteiger partial charge in [0.05, 0.1) is 6.54 Å². The van der Waals surface area contributed by atoms with Crippen LogP contribution in [-0.2, 0) is 12.1 Å². The van der Waals surface area contributed by atoms with E-state index >= 15 is 0 Å². The summed E-state index contributed by atoms with van der Waals surface area (Å²) in [4.78, 5) is 4.54. The molecule has 2 heterocycles. The maximum atomic E-state index is 10.6. The van der Waals surface area contributed by atoms with Crippen LogP contribution in [0.2, 0.25) is 0 Å². The largest absolute Gasteiger partial charge is 0.463 e. The predicted molar refractivity (Wildman–Crippen MR) is 102 cm³/mol. The number of rotatable bonds is 6. The summed E-state index contributed by atoms with van der Waals surface area (Å²) in [5.74, 6) is 2.69. The molecular weight excluding hydrogens is 330 g/mol. The zero-order valence-corrected chi connectivity index (χ0v) is 15.4. The van der Waals surface area contributed by atoms with Gasteiger partial charge < -0.3 is 24.6 Å². The number of guanidine groups is 1. The highest BCUT2D eigenvalue weighted by atomic mass is 16.4. The quantitative estimate of drug-likeness (QED) is 0.467. The predicted octanol–water partition coefficient (Wildman–Crippen LogP) is 3.30. The second kappa shape index (κ2) is 7.66. The summed E-state index contributed by atoms with van der Waals surface area (Å²) in [7, 11) is 0. The summed E-state index contributed by atoms with van der Waals surface area (Å²) >= 11 is 0. The van der Waals surface area contributed by atoms with Gasteiger partial charge in [0.2, 0.25) is 0 Å². The van der Waals surface area contributed by atoms with Crippen LogP contribution in [0.5, 0.6) is 0 Å². The Bertz CT molecular complexity index is 859. The van der Waals surface area contributed by atoms with Crippen LogP contribution in [0, 0.1) is 6.92 Å². The lowest BCUT2D eigenvalue weighted by atomic mass is 10.0. The van der Waals surface area contributed by atoms with E-state index in [2.05, 4.69) is 15.6 Å². The number of aryl methyl sites for hydroxylation is 1. The van der Waals surface area contributed by atoms with Crippen molar-refractivity contribution in [3.8, 4) is 0 Å². The van der Waals surface area contributed by atoms with E-state index in [1.165, 1.54) is 0 Å². The Hall–Kier alpha value is -2.73. The highest BCUT2D eigenvalue weighted by molar-refractivity contribution is 5.80. The van der Waals surface area contributed by atoms with Gasteiger partial charge >= 0.3 is 0 Å². The number of aliphatic hydroxyl groups is 1. The average Bonchev–Trinajstić information content (AvgIpc) is 3.23. The zero-order chi connectivity index (χ0) is 18.6. The number of fused-ring (bicyclic) bond motifs is 1. The van der Waals surface area contributed by atoms with Gasteiger partial charge in [0, 0.05) is 11.9 Å². The number of nitrogens with one attached hydrogen (secondary N) is 2. The number of para-hydroxylation sites is 1. The third-order valence-corrected chi connectivity index (χ3v) is 4.09. The van der Waals surface area contributed by atoms with Crippen molar-refractivity contribution in [1.29, 1.82) is 0 Å². The fourth-order valence-corrected chi connectivity index (χ4v) is 2.68. The van der Waals surface area contributed by atoms with E-state index in [0.29, 0.717) is 24.8 Å². The monoisotopic (exact) mass is 355 g/mol. The maximum Gasteiger partial charge on any atom is 0.191 e. The van der Waals surface area contributed by atoms with Crippen molar-refractivity contribution in [2.24, 2.45) is 4.99 Å². The summed E-state index contributed by atoms with van der Waals surface area (Å²) in [6.07, 6.45) is 0. The molecule has 26 heavy (non-hydrogen) atoms. The molecule has 0 radical (unpaired) electrons. The smallest absolute Gasteiger partial charge is 0.191 e. The lowest BCUT2D eigenvalue weighted by molar-refractivity contribution is 0.0378. The lowest BCUT2D eigenvalue weighted by Crippen LogP contribution is -2.44. The first-order valence-corrected chi connectivity index (χ1v) is 8.77. The van der Waals surface area contributed by atoms with Gasteiger partial charge in [-0.05, 0) is 45.0 Å². The molecule has 3 aromatic rings. The van der Waals surface area contributed by atoms with Crippen molar-refractivity contribution in [3.05, 3.63) is 59.7 Å². The third-order valence-electron chi connectivity index (χ3n) is 4.09. The third kappa shape index (κ3) is 4.26. The van der Waals surface area contributed by atoms with Crippen LogP contribution >= 0.6 is 0 Å². The first kappa shape index (κ1) is 18.1. The van der Waals surface area contributed by atoms with Crippen LogP contribution in [-0.4, -0.2) is 24.2 Å². The Morgan fingerprint density at radius 2 is 1.96 bits per heavy atom. The molecule has 3 rings (SSSR count). The molecule has 0 aliphatic carbocycles. The number of furan rings is 2. The van der Waals surface area contributed by atoms with E-state index < -0.39 is 5.60 Å². The Balaban J connectivity index is 1.67. The van der Waals surface area contributed by atoms with Crippen LogP contribution < -0.4 is 10.6 Å². The van der Waals surface area contributed by atoms with Gasteiger partial charge in [-0.15, -0.1) is 0 Å². The summed E-state index contributed by atoms with van der Waals surface area (Å²) in [5.41, 5.74) is -0.282. The molecule has 6 heteroatoms. The molecule has 0 saturated heterocycles. The zero-order valence-electron chi connectivity index (χ0n) is 15.4. The Morgan fingerprint density at radius 1 is 1.15 bits per heavy atom. The molecular formula is C20H25N3O3. The van der Waals surface area contributed by atoms with E-state index in [1.54, 1.807) is 13.0 Å². The molecule has 3 N–H and O–H groups in total. The lowest BCUT2D eigenvalue weighted by Gasteiger charge is -2.22. The number of hydrogen-bond acceptors (Lipinski definition) is 4.